The standard InChI is InChI=1S/C16H15Br2ClIN/c1-3-21-16(12-7-10(19)4-5-15(12)20)11-8-13(17)9(2)6-14(11)18/h4-8,16,21H,3H2,1-2H3. The van der Waals surface area contributed by atoms with E-state index in [-0.39, 0.29) is 6.04 Å². The number of nitrogens with one attached hydrogen (secondary N) is 1. The Labute approximate surface area is 161 Å². The highest BCUT2D eigenvalue weighted by Gasteiger charge is 2.19. The smallest absolute Gasteiger partial charge is 0.0599 e. The van der Waals surface area contributed by atoms with Crippen LogP contribution >= 0.6 is 66.1 Å². The van der Waals surface area contributed by atoms with E-state index in [0.29, 0.717) is 0 Å². The van der Waals surface area contributed by atoms with Crippen LogP contribution in [0.3, 0.4) is 0 Å². The molecule has 112 valence electrons. The molecule has 2 aromatic carbocycles. The van der Waals surface area contributed by atoms with Gasteiger partial charge in [-0.1, -0.05) is 50.4 Å². The van der Waals surface area contributed by atoms with Crippen molar-refractivity contribution >= 4 is 66.1 Å². The predicted octanol–water partition coefficient (Wildman–Crippen LogP) is 6.48. The van der Waals surface area contributed by atoms with E-state index in [4.69, 9.17) is 11.6 Å². The fourth-order valence-electron chi connectivity index (χ4n) is 2.21. The van der Waals surface area contributed by atoms with Crippen LogP contribution in [0.1, 0.15) is 29.7 Å². The van der Waals surface area contributed by atoms with Crippen LogP contribution in [0.4, 0.5) is 0 Å². The van der Waals surface area contributed by atoms with Crippen LogP contribution in [0.15, 0.2) is 39.3 Å². The molecule has 0 aliphatic rings. The SMILES string of the molecule is CCNC(c1cc(Br)c(C)cc1Br)c1cc(Cl)ccc1I. The van der Waals surface area contributed by atoms with Gasteiger partial charge in [-0.25, -0.2) is 0 Å². The summed E-state index contributed by atoms with van der Waals surface area (Å²) in [4.78, 5) is 0. The summed E-state index contributed by atoms with van der Waals surface area (Å²) < 4.78 is 3.41. The number of hydrogen-bond acceptors (Lipinski definition) is 1. The maximum Gasteiger partial charge on any atom is 0.0599 e. The van der Waals surface area contributed by atoms with Gasteiger partial charge in [0.05, 0.1) is 6.04 Å². The zero-order valence-corrected chi connectivity index (χ0v) is 17.8. The van der Waals surface area contributed by atoms with E-state index >= 15 is 0 Å². The average Bonchev–Trinajstić information content (AvgIpc) is 2.43. The van der Waals surface area contributed by atoms with Gasteiger partial charge >= 0.3 is 0 Å². The third kappa shape index (κ3) is 4.22. The molecule has 1 atom stereocenters. The van der Waals surface area contributed by atoms with E-state index in [0.717, 1.165) is 20.5 Å². The molecule has 21 heavy (non-hydrogen) atoms. The quantitative estimate of drug-likeness (QED) is 0.436. The second kappa shape index (κ2) is 7.77. The monoisotopic (exact) mass is 541 g/mol. The van der Waals surface area contributed by atoms with Gasteiger partial charge in [0, 0.05) is 17.5 Å². The van der Waals surface area contributed by atoms with E-state index in [2.05, 4.69) is 91.8 Å². The largest absolute Gasteiger partial charge is 0.306 e. The fourth-order valence-corrected chi connectivity index (χ4v) is 4.09. The number of rotatable bonds is 4. The van der Waals surface area contributed by atoms with Crippen LogP contribution in [0.25, 0.3) is 0 Å². The Balaban J connectivity index is 2.58. The maximum atomic E-state index is 6.19. The van der Waals surface area contributed by atoms with Crippen LogP contribution in [0, 0.1) is 10.5 Å². The molecule has 2 rings (SSSR count). The van der Waals surface area contributed by atoms with E-state index < -0.39 is 0 Å². The molecule has 5 heteroatoms. The van der Waals surface area contributed by atoms with Gasteiger partial charge in [0.25, 0.3) is 0 Å². The van der Waals surface area contributed by atoms with Gasteiger partial charge in [0.1, 0.15) is 0 Å². The average molecular weight is 543 g/mol. The molecule has 0 aromatic heterocycles. The van der Waals surface area contributed by atoms with Gasteiger partial charge in [-0.3, -0.25) is 0 Å². The Morgan fingerprint density at radius 3 is 2.52 bits per heavy atom. The van der Waals surface area contributed by atoms with E-state index in [1.807, 2.05) is 12.1 Å². The van der Waals surface area contributed by atoms with Crippen LogP contribution in [-0.4, -0.2) is 6.54 Å². The second-order valence-corrected chi connectivity index (χ2v) is 8.09. The topological polar surface area (TPSA) is 12.0 Å². The van der Waals surface area contributed by atoms with Crippen LogP contribution in [-0.2, 0) is 0 Å². The van der Waals surface area contributed by atoms with Gasteiger partial charge in [0.2, 0.25) is 0 Å². The first-order valence-electron chi connectivity index (χ1n) is 6.58. The van der Waals surface area contributed by atoms with Crippen LogP contribution < -0.4 is 5.32 Å². The lowest BCUT2D eigenvalue weighted by atomic mass is 9.98. The lowest BCUT2D eigenvalue weighted by Gasteiger charge is -2.22. The molecule has 0 heterocycles. The lowest BCUT2D eigenvalue weighted by Crippen LogP contribution is -2.23. The molecule has 0 fully saturated rings. The Morgan fingerprint density at radius 1 is 1.14 bits per heavy atom. The molecular formula is C16H15Br2ClIN. The minimum absolute atomic E-state index is 0.104. The van der Waals surface area contributed by atoms with Crippen molar-refractivity contribution in [3.05, 3.63) is 64.6 Å². The minimum atomic E-state index is 0.104. The molecule has 0 aliphatic carbocycles. The van der Waals surface area contributed by atoms with Crippen molar-refractivity contribution in [1.82, 2.24) is 5.32 Å². The van der Waals surface area contributed by atoms with Crippen molar-refractivity contribution < 1.29 is 0 Å². The summed E-state index contributed by atoms with van der Waals surface area (Å²) in [6, 6.07) is 10.4. The first-order valence-corrected chi connectivity index (χ1v) is 9.62. The first kappa shape index (κ1) is 17.7. The normalized spacial score (nSPS) is 12.5. The number of aryl methyl sites for hydroxylation is 1. The number of halogens is 4. The van der Waals surface area contributed by atoms with Gasteiger partial charge in [-0.2, -0.15) is 0 Å². The van der Waals surface area contributed by atoms with E-state index in [9.17, 15) is 0 Å². The highest BCUT2D eigenvalue weighted by atomic mass is 127. The highest BCUT2D eigenvalue weighted by Crippen LogP contribution is 2.35. The summed E-state index contributed by atoms with van der Waals surface area (Å²) in [7, 11) is 0. The van der Waals surface area contributed by atoms with E-state index in [1.54, 1.807) is 0 Å². The van der Waals surface area contributed by atoms with Gasteiger partial charge in [0.15, 0.2) is 0 Å². The maximum absolute atomic E-state index is 6.19. The minimum Gasteiger partial charge on any atom is -0.306 e. The highest BCUT2D eigenvalue weighted by molar-refractivity contribution is 14.1. The van der Waals surface area contributed by atoms with Gasteiger partial charge in [-0.05, 0) is 83.1 Å². The molecule has 0 saturated heterocycles. The molecule has 0 radical (unpaired) electrons. The van der Waals surface area contributed by atoms with Crippen molar-refractivity contribution in [3.63, 3.8) is 0 Å². The molecule has 0 spiro atoms. The van der Waals surface area contributed by atoms with Crippen molar-refractivity contribution in [3.8, 4) is 0 Å². The molecular weight excluding hydrogens is 528 g/mol. The molecule has 1 nitrogen and oxygen atoms in total. The summed E-state index contributed by atoms with van der Waals surface area (Å²) in [5, 5.41) is 4.32. The Morgan fingerprint density at radius 2 is 1.86 bits per heavy atom. The van der Waals surface area contributed by atoms with Crippen LogP contribution in [0.2, 0.25) is 5.02 Å². The van der Waals surface area contributed by atoms with Crippen LogP contribution in [0.5, 0.6) is 0 Å². The molecule has 2 aromatic rings. The van der Waals surface area contributed by atoms with Crippen molar-refractivity contribution in [2.24, 2.45) is 0 Å². The van der Waals surface area contributed by atoms with Crippen molar-refractivity contribution in [2.45, 2.75) is 19.9 Å². The molecule has 0 amide bonds. The fraction of sp³-hybridized carbons (Fsp3) is 0.250. The summed E-state index contributed by atoms with van der Waals surface area (Å²) in [5.41, 5.74) is 3.61. The summed E-state index contributed by atoms with van der Waals surface area (Å²) in [5.74, 6) is 0. The Hall–Kier alpha value is 0.380. The van der Waals surface area contributed by atoms with Crippen molar-refractivity contribution in [2.75, 3.05) is 6.54 Å². The Bertz CT molecular complexity index is 661. The number of hydrogen-bond donors (Lipinski definition) is 1. The second-order valence-electron chi connectivity index (χ2n) is 4.78. The molecule has 0 saturated carbocycles. The van der Waals surface area contributed by atoms with E-state index in [1.165, 1.54) is 20.3 Å². The third-order valence-corrected chi connectivity index (χ3v) is 6.02. The molecule has 1 unspecified atom stereocenters. The molecule has 0 bridgehead atoms. The summed E-state index contributed by atoms with van der Waals surface area (Å²) >= 11 is 15.9. The zero-order chi connectivity index (χ0) is 15.6. The molecule has 1 N–H and O–H groups in total. The van der Waals surface area contributed by atoms with Crippen molar-refractivity contribution in [1.29, 1.82) is 0 Å². The first-order chi connectivity index (χ1) is 9.93. The van der Waals surface area contributed by atoms with Gasteiger partial charge < -0.3 is 5.32 Å². The number of benzene rings is 2. The predicted molar refractivity (Wildman–Crippen MR) is 106 cm³/mol. The summed E-state index contributed by atoms with van der Waals surface area (Å²) in [6.07, 6.45) is 0. The lowest BCUT2D eigenvalue weighted by molar-refractivity contribution is 0.626. The Kier molecular flexibility index (Phi) is 6.56. The zero-order valence-electron chi connectivity index (χ0n) is 11.7. The van der Waals surface area contributed by atoms with Gasteiger partial charge in [-0.15, -0.1) is 0 Å². The third-order valence-electron chi connectivity index (χ3n) is 3.27. The summed E-state index contributed by atoms with van der Waals surface area (Å²) in [6.45, 7) is 5.08. The molecule has 0 aliphatic heterocycles.